The van der Waals surface area contributed by atoms with Crippen LogP contribution in [0.15, 0.2) is 0 Å². The summed E-state index contributed by atoms with van der Waals surface area (Å²) in [5.41, 5.74) is -0.163. The molecule has 0 aliphatic heterocycles. The van der Waals surface area contributed by atoms with Crippen LogP contribution in [0.5, 0.6) is 0 Å². The average molecular weight is 546 g/mol. The molecule has 0 bridgehead atoms. The van der Waals surface area contributed by atoms with E-state index in [1.54, 1.807) is 0 Å². The quantitative estimate of drug-likeness (QED) is 0.257. The Balaban J connectivity index is 3.39. The van der Waals surface area contributed by atoms with E-state index in [9.17, 15) is 0 Å². The summed E-state index contributed by atoms with van der Waals surface area (Å²) in [5.74, 6) is 1.91. The van der Waals surface area contributed by atoms with E-state index in [4.69, 9.17) is 0 Å². The zero-order valence-corrected chi connectivity index (χ0v) is 19.8. The molecular formula is C15H28I2N6. The Morgan fingerprint density at radius 2 is 1.30 bits per heavy atom. The molecule has 0 fully saturated rings. The van der Waals surface area contributed by atoms with Gasteiger partial charge in [-0.15, -0.1) is 0 Å². The Morgan fingerprint density at radius 3 is 1.70 bits per heavy atom. The number of halogens is 2. The molecule has 0 aromatic carbocycles. The van der Waals surface area contributed by atoms with E-state index in [0.29, 0.717) is 17.8 Å². The zero-order valence-electron chi connectivity index (χ0n) is 15.5. The van der Waals surface area contributed by atoms with Crippen molar-refractivity contribution in [3.05, 3.63) is 0 Å². The van der Waals surface area contributed by atoms with Gasteiger partial charge in [0.05, 0.1) is 26.4 Å². The minimum Gasteiger partial charge on any atom is -0.340 e. The van der Waals surface area contributed by atoms with Crippen molar-refractivity contribution in [3.63, 3.8) is 0 Å². The fraction of sp³-hybridized carbons (Fsp3) is 0.800. The standard InChI is InChI=1S/C15H28I2N6/c1-13(2,3)22(9)11-18-10(21-15(7,8)16)19-12(20-11)23(17)14(4,5)6/h1-9H3,(H,18,19,20,21). The molecule has 0 spiro atoms. The maximum absolute atomic E-state index is 4.68. The fourth-order valence-corrected chi connectivity index (χ4v) is 1.97. The van der Waals surface area contributed by atoms with Crippen LogP contribution in [-0.2, 0) is 0 Å². The van der Waals surface area contributed by atoms with E-state index in [0.717, 1.165) is 0 Å². The SMILES string of the molecule is CN(c1nc(NC(C)(C)I)nc(N(I)C(C)(C)C)n1)C(C)(C)C. The Morgan fingerprint density at radius 1 is 0.826 bits per heavy atom. The third-order valence-corrected chi connectivity index (χ3v) is 5.24. The van der Waals surface area contributed by atoms with E-state index in [2.05, 4.69) is 126 Å². The highest BCUT2D eigenvalue weighted by Gasteiger charge is 2.27. The molecule has 1 heterocycles. The fourth-order valence-electron chi connectivity index (χ4n) is 1.51. The summed E-state index contributed by atoms with van der Waals surface area (Å²) >= 11 is 4.59. The molecule has 1 rings (SSSR count). The summed E-state index contributed by atoms with van der Waals surface area (Å²) in [6.45, 7) is 17.0. The van der Waals surface area contributed by atoms with Gasteiger partial charge in [0.2, 0.25) is 17.8 Å². The summed E-state index contributed by atoms with van der Waals surface area (Å²) in [6.07, 6.45) is 0. The van der Waals surface area contributed by atoms with Crippen LogP contribution in [0.25, 0.3) is 0 Å². The number of rotatable bonds is 4. The van der Waals surface area contributed by atoms with Crippen molar-refractivity contribution in [2.45, 2.75) is 70.0 Å². The first-order valence-corrected chi connectivity index (χ1v) is 9.58. The normalized spacial score (nSPS) is 13.0. The van der Waals surface area contributed by atoms with Gasteiger partial charge in [-0.1, -0.05) is 22.6 Å². The Kier molecular flexibility index (Phi) is 6.37. The van der Waals surface area contributed by atoms with Crippen molar-refractivity contribution in [1.29, 1.82) is 0 Å². The maximum atomic E-state index is 4.68. The van der Waals surface area contributed by atoms with E-state index in [1.165, 1.54) is 0 Å². The Bertz CT molecular complexity index is 504. The highest BCUT2D eigenvalue weighted by molar-refractivity contribution is 14.1. The highest BCUT2D eigenvalue weighted by Crippen LogP contribution is 2.29. The van der Waals surface area contributed by atoms with Crippen molar-refractivity contribution >= 4 is 63.3 Å². The summed E-state index contributed by atoms with van der Waals surface area (Å²) in [4.78, 5) is 16.0. The Labute approximate surface area is 167 Å². The predicted molar refractivity (Wildman–Crippen MR) is 116 cm³/mol. The van der Waals surface area contributed by atoms with Gasteiger partial charge < -0.3 is 10.2 Å². The van der Waals surface area contributed by atoms with Crippen LogP contribution in [-0.4, -0.2) is 36.6 Å². The first-order chi connectivity index (χ1) is 10.1. The molecule has 1 N–H and O–H groups in total. The number of alkyl halides is 1. The summed E-state index contributed by atoms with van der Waals surface area (Å²) in [5, 5.41) is 3.34. The van der Waals surface area contributed by atoms with Gasteiger partial charge >= 0.3 is 0 Å². The lowest BCUT2D eigenvalue weighted by Crippen LogP contribution is -2.40. The molecule has 8 heteroatoms. The lowest BCUT2D eigenvalue weighted by molar-refractivity contribution is 0.526. The molecule has 0 saturated carbocycles. The number of aromatic nitrogens is 3. The molecule has 0 amide bonds. The molecule has 1 aromatic heterocycles. The largest absolute Gasteiger partial charge is 0.340 e. The van der Waals surface area contributed by atoms with Gasteiger partial charge in [0, 0.05) is 18.1 Å². The third-order valence-electron chi connectivity index (χ3n) is 3.09. The number of nitrogens with zero attached hydrogens (tertiary/aromatic N) is 5. The number of anilines is 3. The van der Waals surface area contributed by atoms with Gasteiger partial charge in [-0.05, 0) is 55.4 Å². The van der Waals surface area contributed by atoms with Crippen LogP contribution < -0.4 is 13.3 Å². The van der Waals surface area contributed by atoms with Crippen molar-refractivity contribution in [1.82, 2.24) is 15.0 Å². The molecule has 0 unspecified atom stereocenters. The van der Waals surface area contributed by atoms with Crippen LogP contribution in [0.2, 0.25) is 0 Å². The summed E-state index contributed by atoms with van der Waals surface area (Å²) < 4.78 is 1.89. The van der Waals surface area contributed by atoms with Gasteiger partial charge in [-0.3, -0.25) is 3.11 Å². The van der Waals surface area contributed by atoms with E-state index in [-0.39, 0.29) is 14.6 Å². The topological polar surface area (TPSA) is 57.2 Å². The number of hydrogen-bond donors (Lipinski definition) is 1. The maximum Gasteiger partial charge on any atom is 0.241 e. The molecule has 0 atom stereocenters. The molecule has 0 aliphatic carbocycles. The van der Waals surface area contributed by atoms with E-state index in [1.807, 2.05) is 10.2 Å². The molecule has 1 aromatic rings. The van der Waals surface area contributed by atoms with Gasteiger partial charge in [0.25, 0.3) is 0 Å². The van der Waals surface area contributed by atoms with Crippen LogP contribution in [0, 0.1) is 0 Å². The van der Waals surface area contributed by atoms with Crippen molar-refractivity contribution in [2.24, 2.45) is 0 Å². The second-order valence-corrected chi connectivity index (χ2v) is 11.7. The first kappa shape index (κ1) is 20.9. The van der Waals surface area contributed by atoms with Gasteiger partial charge in [0.1, 0.15) is 0 Å². The van der Waals surface area contributed by atoms with Crippen LogP contribution >= 0.6 is 45.5 Å². The summed E-state index contributed by atoms with van der Waals surface area (Å²) in [7, 11) is 2.01. The van der Waals surface area contributed by atoms with Crippen LogP contribution in [0.1, 0.15) is 55.4 Å². The molecule has 6 nitrogen and oxygen atoms in total. The van der Waals surface area contributed by atoms with Crippen molar-refractivity contribution < 1.29 is 0 Å². The molecule has 0 aliphatic rings. The molecular weight excluding hydrogens is 518 g/mol. The zero-order chi connectivity index (χ0) is 18.2. The number of hydrogen-bond acceptors (Lipinski definition) is 6. The lowest BCUT2D eigenvalue weighted by atomic mass is 10.1. The highest BCUT2D eigenvalue weighted by atomic mass is 127. The third kappa shape index (κ3) is 6.35. The van der Waals surface area contributed by atoms with Crippen molar-refractivity contribution in [2.75, 3.05) is 20.4 Å². The molecule has 0 saturated heterocycles. The van der Waals surface area contributed by atoms with Crippen LogP contribution in [0.3, 0.4) is 0 Å². The second kappa shape index (κ2) is 7.01. The lowest BCUT2D eigenvalue weighted by Gasteiger charge is -2.34. The summed E-state index contributed by atoms with van der Waals surface area (Å²) in [6, 6.07) is 0. The molecule has 0 radical (unpaired) electrons. The first-order valence-electron chi connectivity index (χ1n) is 7.54. The van der Waals surface area contributed by atoms with E-state index < -0.39 is 0 Å². The minimum atomic E-state index is -0.147. The van der Waals surface area contributed by atoms with Crippen LogP contribution in [0.4, 0.5) is 17.8 Å². The molecule has 132 valence electrons. The minimum absolute atomic E-state index is 0.0758. The monoisotopic (exact) mass is 546 g/mol. The van der Waals surface area contributed by atoms with Crippen molar-refractivity contribution in [3.8, 4) is 0 Å². The van der Waals surface area contributed by atoms with Gasteiger partial charge in [0.15, 0.2) is 0 Å². The van der Waals surface area contributed by atoms with Gasteiger partial charge in [-0.25, -0.2) is 0 Å². The smallest absolute Gasteiger partial charge is 0.241 e. The average Bonchev–Trinajstić information content (AvgIpc) is 2.32. The van der Waals surface area contributed by atoms with E-state index >= 15 is 0 Å². The molecule has 23 heavy (non-hydrogen) atoms. The predicted octanol–water partition coefficient (Wildman–Crippen LogP) is 4.64. The Hall–Kier alpha value is -0.130. The second-order valence-electron chi connectivity index (χ2n) is 8.04. The van der Waals surface area contributed by atoms with Gasteiger partial charge in [-0.2, -0.15) is 15.0 Å². The number of nitrogens with one attached hydrogen (secondary N) is 1.